The summed E-state index contributed by atoms with van der Waals surface area (Å²) in [6, 6.07) is 0.832. The van der Waals surface area contributed by atoms with Gasteiger partial charge in [-0.25, -0.2) is 9.98 Å². The monoisotopic (exact) mass is 291 g/mol. The molecule has 0 saturated carbocycles. The fourth-order valence-electron chi connectivity index (χ4n) is 1.35. The van der Waals surface area contributed by atoms with E-state index in [4.69, 9.17) is 23.8 Å². The van der Waals surface area contributed by atoms with E-state index in [0.717, 1.165) is 12.3 Å². The van der Waals surface area contributed by atoms with E-state index in [1.54, 1.807) is 0 Å². The lowest BCUT2D eigenvalue weighted by Crippen LogP contribution is -2.13. The number of halogens is 4. The number of thiocarbonyl (C=S) groups is 1. The molecule has 0 aliphatic carbocycles. The average Bonchev–Trinajstić information content (AvgIpc) is 2.29. The van der Waals surface area contributed by atoms with Gasteiger partial charge in [0.15, 0.2) is 0 Å². The van der Waals surface area contributed by atoms with E-state index in [9.17, 15) is 13.2 Å². The predicted octanol–water partition coefficient (Wildman–Crippen LogP) is 3.28. The quantitative estimate of drug-likeness (QED) is 0.745. The lowest BCUT2D eigenvalue weighted by Gasteiger charge is -2.13. The van der Waals surface area contributed by atoms with Crippen molar-refractivity contribution in [3.63, 3.8) is 0 Å². The Labute approximate surface area is 110 Å². The van der Waals surface area contributed by atoms with E-state index in [1.807, 2.05) is 0 Å². The first kappa shape index (κ1) is 13.1. The molecule has 94 valence electrons. The zero-order valence-electron chi connectivity index (χ0n) is 8.65. The minimum Gasteiger partial charge on any atom is -0.258 e. The molecular weight excluding hydrogens is 287 g/mol. The van der Waals surface area contributed by atoms with Crippen molar-refractivity contribution in [2.75, 3.05) is 0 Å². The summed E-state index contributed by atoms with van der Waals surface area (Å²) in [6.45, 7) is 0. The molecule has 0 amide bonds. The molecule has 0 fully saturated rings. The smallest absolute Gasteiger partial charge is 0.258 e. The van der Waals surface area contributed by atoms with E-state index in [2.05, 4.69) is 15.0 Å². The molecule has 1 aromatic rings. The Balaban J connectivity index is 2.34. The van der Waals surface area contributed by atoms with E-state index < -0.39 is 17.7 Å². The van der Waals surface area contributed by atoms with Crippen molar-refractivity contribution in [1.82, 2.24) is 4.98 Å². The maximum atomic E-state index is 12.4. The fourth-order valence-corrected chi connectivity index (χ4v) is 1.76. The van der Waals surface area contributed by atoms with E-state index in [0.29, 0.717) is 0 Å². The number of hydrogen-bond donors (Lipinski definition) is 0. The van der Waals surface area contributed by atoms with Crippen molar-refractivity contribution < 1.29 is 13.2 Å². The highest BCUT2D eigenvalue weighted by Crippen LogP contribution is 2.32. The second-order valence-corrected chi connectivity index (χ2v) is 4.23. The first-order valence-corrected chi connectivity index (χ1v) is 5.51. The molecule has 1 aliphatic rings. The molecule has 1 aliphatic heterocycles. The zero-order valence-corrected chi connectivity index (χ0v) is 10.2. The Morgan fingerprint density at radius 1 is 1.22 bits per heavy atom. The standard InChI is InChI=1S/C10H5ClF3N3S/c11-7-1-6(10(12,13)14)4-15-8(7)5-2-16-9(18)17-3-5/h1-5H. The van der Waals surface area contributed by atoms with Crippen molar-refractivity contribution in [3.8, 4) is 0 Å². The summed E-state index contributed by atoms with van der Waals surface area (Å²) in [5.41, 5.74) is -0.629. The summed E-state index contributed by atoms with van der Waals surface area (Å²) in [4.78, 5) is 11.3. The first-order chi connectivity index (χ1) is 8.38. The Hall–Kier alpha value is -1.34. The molecule has 2 rings (SSSR count). The van der Waals surface area contributed by atoms with E-state index in [1.165, 1.54) is 12.4 Å². The van der Waals surface area contributed by atoms with Gasteiger partial charge in [-0.05, 0) is 18.3 Å². The van der Waals surface area contributed by atoms with Crippen LogP contribution in [0.15, 0.2) is 22.2 Å². The largest absolute Gasteiger partial charge is 0.417 e. The summed E-state index contributed by atoms with van der Waals surface area (Å²) in [7, 11) is 0. The third-order valence-corrected chi connectivity index (χ3v) is 2.72. The molecule has 0 atom stereocenters. The number of rotatable bonds is 1. The van der Waals surface area contributed by atoms with Crippen molar-refractivity contribution in [2.24, 2.45) is 9.98 Å². The third-order valence-electron chi connectivity index (χ3n) is 2.20. The molecule has 0 radical (unpaired) electrons. The summed E-state index contributed by atoms with van der Waals surface area (Å²) in [5, 5.41) is 0.0785. The zero-order chi connectivity index (χ0) is 13.3. The number of alkyl halides is 3. The summed E-state index contributed by atoms with van der Waals surface area (Å²) >= 11 is 10.5. The van der Waals surface area contributed by atoms with Crippen LogP contribution in [-0.2, 0) is 6.18 Å². The van der Waals surface area contributed by atoms with Gasteiger partial charge in [0.05, 0.1) is 22.2 Å². The van der Waals surface area contributed by atoms with Crippen LogP contribution in [0.1, 0.15) is 17.2 Å². The minimum absolute atomic E-state index is 0.0828. The van der Waals surface area contributed by atoms with Gasteiger partial charge in [0.2, 0.25) is 5.11 Å². The second-order valence-electron chi connectivity index (χ2n) is 3.45. The molecule has 0 spiro atoms. The Morgan fingerprint density at radius 3 is 2.33 bits per heavy atom. The normalized spacial score (nSPS) is 16.3. The molecule has 8 heteroatoms. The van der Waals surface area contributed by atoms with Gasteiger partial charge in [0.25, 0.3) is 0 Å². The van der Waals surface area contributed by atoms with Gasteiger partial charge in [-0.1, -0.05) is 11.6 Å². The van der Waals surface area contributed by atoms with Crippen LogP contribution in [0.4, 0.5) is 13.2 Å². The molecule has 0 bridgehead atoms. The Morgan fingerprint density at radius 2 is 1.83 bits per heavy atom. The number of pyridine rings is 1. The summed E-state index contributed by atoms with van der Waals surface area (Å²) in [5.74, 6) is -0.466. The van der Waals surface area contributed by atoms with Crippen LogP contribution in [-0.4, -0.2) is 22.5 Å². The van der Waals surface area contributed by atoms with Crippen molar-refractivity contribution in [3.05, 3.63) is 28.5 Å². The second kappa shape index (κ2) is 4.74. The van der Waals surface area contributed by atoms with Crippen LogP contribution in [0.5, 0.6) is 0 Å². The van der Waals surface area contributed by atoms with Gasteiger partial charge in [0.1, 0.15) is 0 Å². The van der Waals surface area contributed by atoms with Crippen LogP contribution in [0.3, 0.4) is 0 Å². The molecule has 3 nitrogen and oxygen atoms in total. The van der Waals surface area contributed by atoms with E-state index in [-0.39, 0.29) is 15.8 Å². The summed E-state index contributed by atoms with van der Waals surface area (Å²) in [6.07, 6.45) is -0.852. The van der Waals surface area contributed by atoms with Gasteiger partial charge in [0, 0.05) is 18.6 Å². The number of aliphatic imine (C=N–C) groups is 2. The third kappa shape index (κ3) is 2.73. The van der Waals surface area contributed by atoms with Crippen LogP contribution in [0.25, 0.3) is 0 Å². The molecule has 1 aromatic heterocycles. The lowest BCUT2D eigenvalue weighted by atomic mass is 10.1. The van der Waals surface area contributed by atoms with Crippen LogP contribution in [0, 0.1) is 0 Å². The van der Waals surface area contributed by atoms with Crippen LogP contribution in [0.2, 0.25) is 5.02 Å². The maximum absolute atomic E-state index is 12.4. The van der Waals surface area contributed by atoms with Crippen molar-refractivity contribution in [2.45, 2.75) is 12.1 Å². The van der Waals surface area contributed by atoms with Crippen molar-refractivity contribution >= 4 is 41.4 Å². The molecule has 18 heavy (non-hydrogen) atoms. The first-order valence-electron chi connectivity index (χ1n) is 4.73. The van der Waals surface area contributed by atoms with Gasteiger partial charge in [-0.2, -0.15) is 13.2 Å². The number of aromatic nitrogens is 1. The van der Waals surface area contributed by atoms with Gasteiger partial charge < -0.3 is 0 Å². The van der Waals surface area contributed by atoms with E-state index >= 15 is 0 Å². The van der Waals surface area contributed by atoms with Crippen molar-refractivity contribution in [1.29, 1.82) is 0 Å². The fraction of sp³-hybridized carbons (Fsp3) is 0.200. The topological polar surface area (TPSA) is 37.6 Å². The SMILES string of the molecule is FC(F)(F)c1cnc(C2C=NC(=S)N=C2)c(Cl)c1. The molecule has 2 heterocycles. The van der Waals surface area contributed by atoms with Gasteiger partial charge in [-0.3, -0.25) is 4.98 Å². The molecule has 0 aromatic carbocycles. The molecule has 0 saturated heterocycles. The Kier molecular flexibility index (Phi) is 3.45. The lowest BCUT2D eigenvalue weighted by molar-refractivity contribution is -0.137. The Bertz CT molecular complexity index is 538. The average molecular weight is 292 g/mol. The highest BCUT2D eigenvalue weighted by atomic mass is 35.5. The highest BCUT2D eigenvalue weighted by Gasteiger charge is 2.32. The number of hydrogen-bond acceptors (Lipinski definition) is 2. The molecule has 0 unspecified atom stereocenters. The number of nitrogens with zero attached hydrogens (tertiary/aromatic N) is 3. The minimum atomic E-state index is -4.47. The van der Waals surface area contributed by atoms with Crippen LogP contribution < -0.4 is 0 Å². The predicted molar refractivity (Wildman–Crippen MR) is 66.6 cm³/mol. The maximum Gasteiger partial charge on any atom is 0.417 e. The summed E-state index contributed by atoms with van der Waals surface area (Å²) < 4.78 is 37.3. The van der Waals surface area contributed by atoms with Gasteiger partial charge >= 0.3 is 6.18 Å². The molecular formula is C10H5ClF3N3S. The molecule has 0 N–H and O–H groups in total. The van der Waals surface area contributed by atoms with Gasteiger partial charge in [-0.15, -0.1) is 0 Å². The van der Waals surface area contributed by atoms with Crippen LogP contribution >= 0.6 is 23.8 Å². The highest BCUT2D eigenvalue weighted by molar-refractivity contribution is 7.80.